The van der Waals surface area contributed by atoms with Crippen LogP contribution in [0.4, 0.5) is 0 Å². The van der Waals surface area contributed by atoms with Gasteiger partial charge >= 0.3 is 0 Å². The van der Waals surface area contributed by atoms with Crippen molar-refractivity contribution >= 4 is 29.4 Å². The highest BCUT2D eigenvalue weighted by molar-refractivity contribution is 8.03. The molecule has 0 aromatic heterocycles. The molecule has 1 amide bonds. The summed E-state index contributed by atoms with van der Waals surface area (Å²) < 4.78 is 0. The Balaban J connectivity index is 1.59. The van der Waals surface area contributed by atoms with Crippen LogP contribution >= 0.6 is 23.5 Å². The molecule has 0 unspecified atom stereocenters. The van der Waals surface area contributed by atoms with Gasteiger partial charge in [0.25, 0.3) is 0 Å². The van der Waals surface area contributed by atoms with Gasteiger partial charge in [0.1, 0.15) is 0 Å². The fourth-order valence-electron chi connectivity index (χ4n) is 4.37. The Kier molecular flexibility index (Phi) is 5.82. The molecule has 1 aromatic rings. The van der Waals surface area contributed by atoms with Crippen molar-refractivity contribution < 1.29 is 4.79 Å². The molecule has 6 heteroatoms. The van der Waals surface area contributed by atoms with Gasteiger partial charge < -0.3 is 0 Å². The third-order valence-electron chi connectivity index (χ3n) is 5.92. The summed E-state index contributed by atoms with van der Waals surface area (Å²) in [6.07, 6.45) is 8.83. The van der Waals surface area contributed by atoms with Gasteiger partial charge in [-0.3, -0.25) is 14.6 Å². The molecule has 0 bridgehead atoms. The molecule has 1 saturated heterocycles. The van der Waals surface area contributed by atoms with E-state index in [-0.39, 0.29) is 11.8 Å². The summed E-state index contributed by atoms with van der Waals surface area (Å²) in [4.78, 5) is 18.5. The van der Waals surface area contributed by atoms with Crippen LogP contribution in [0.2, 0.25) is 0 Å². The molecular weight excluding hydrogens is 374 g/mol. The maximum absolute atomic E-state index is 13.0. The molecule has 142 valence electrons. The molecule has 1 aliphatic carbocycles. The maximum atomic E-state index is 13.0. The Hall–Kier alpha value is -1.42. The Labute approximate surface area is 170 Å². The van der Waals surface area contributed by atoms with Gasteiger partial charge in [0.15, 0.2) is 0 Å². The van der Waals surface area contributed by atoms with E-state index in [0.717, 1.165) is 22.0 Å². The first-order valence-electron chi connectivity index (χ1n) is 9.66. The molecule has 1 atom stereocenters. The van der Waals surface area contributed by atoms with E-state index >= 15 is 0 Å². The van der Waals surface area contributed by atoms with Crippen molar-refractivity contribution in [1.82, 2.24) is 9.80 Å². The maximum Gasteiger partial charge on any atom is 0.229 e. The van der Waals surface area contributed by atoms with Crippen LogP contribution in [-0.4, -0.2) is 40.6 Å². The van der Waals surface area contributed by atoms with E-state index in [1.807, 2.05) is 4.90 Å². The Morgan fingerprint density at radius 1 is 1.19 bits per heavy atom. The van der Waals surface area contributed by atoms with Crippen LogP contribution in [0.25, 0.3) is 0 Å². The molecule has 2 fully saturated rings. The van der Waals surface area contributed by atoms with Crippen LogP contribution in [0.1, 0.15) is 50.0 Å². The van der Waals surface area contributed by atoms with Crippen molar-refractivity contribution in [3.8, 4) is 6.07 Å². The minimum Gasteiger partial charge on any atom is -0.292 e. The zero-order chi connectivity index (χ0) is 18.8. The van der Waals surface area contributed by atoms with Crippen LogP contribution in [0.15, 0.2) is 39.8 Å². The number of benzene rings is 1. The molecular formula is C21H25N3OS2. The number of nitrogens with zero attached hydrogens (tertiary/aromatic N) is 3. The number of thioether (sulfide) groups is 2. The lowest BCUT2D eigenvalue weighted by Crippen LogP contribution is -2.51. The minimum atomic E-state index is -0.113. The van der Waals surface area contributed by atoms with Gasteiger partial charge in [-0.2, -0.15) is 5.26 Å². The van der Waals surface area contributed by atoms with Gasteiger partial charge in [-0.25, -0.2) is 0 Å². The summed E-state index contributed by atoms with van der Waals surface area (Å²) in [5.41, 5.74) is 1.83. The Morgan fingerprint density at radius 2 is 1.93 bits per heavy atom. The largest absolute Gasteiger partial charge is 0.292 e. The first-order valence-corrected chi connectivity index (χ1v) is 11.9. The van der Waals surface area contributed by atoms with E-state index in [1.165, 1.54) is 37.0 Å². The topological polar surface area (TPSA) is 47.3 Å². The summed E-state index contributed by atoms with van der Waals surface area (Å²) in [6.45, 7) is 0.648. The van der Waals surface area contributed by atoms with Crippen LogP contribution in [-0.2, 0) is 4.79 Å². The average Bonchev–Trinajstić information content (AvgIpc) is 2.74. The monoisotopic (exact) mass is 399 g/mol. The van der Waals surface area contributed by atoms with Crippen molar-refractivity contribution in [1.29, 1.82) is 5.26 Å². The standard InChI is InChI=1S/C21H25N3OS2/c1-26-17-9-7-15(8-10-17)18-11-20(25)24-13-23(16-5-3-2-4-6-16)14-27-21(24)19(18)12-22/h7-10,16,18H,2-6,11,13-14H2,1H3/t18-/m1/s1. The number of carbonyl (C=O) groups excluding carboxylic acids is 1. The lowest BCUT2D eigenvalue weighted by Gasteiger charge is -2.44. The van der Waals surface area contributed by atoms with E-state index < -0.39 is 0 Å². The molecule has 27 heavy (non-hydrogen) atoms. The van der Waals surface area contributed by atoms with Crippen LogP contribution in [0.3, 0.4) is 0 Å². The number of allylic oxidation sites excluding steroid dienone is 1. The second-order valence-corrected chi connectivity index (χ2v) is 9.29. The van der Waals surface area contributed by atoms with Crippen LogP contribution in [0.5, 0.6) is 0 Å². The molecule has 4 rings (SSSR count). The van der Waals surface area contributed by atoms with E-state index in [0.29, 0.717) is 19.1 Å². The summed E-state index contributed by atoms with van der Waals surface area (Å²) in [6, 6.07) is 11.3. The molecule has 2 heterocycles. The van der Waals surface area contributed by atoms with Crippen molar-refractivity contribution in [2.75, 3.05) is 18.8 Å². The zero-order valence-electron chi connectivity index (χ0n) is 15.7. The summed E-state index contributed by atoms with van der Waals surface area (Å²) >= 11 is 3.38. The SMILES string of the molecule is CSc1ccc([C@H]2CC(=O)N3CN(C4CCCCC4)CSC3=C2C#N)cc1. The Morgan fingerprint density at radius 3 is 2.59 bits per heavy atom. The van der Waals surface area contributed by atoms with Crippen molar-refractivity contribution in [3.05, 3.63) is 40.4 Å². The van der Waals surface area contributed by atoms with Gasteiger partial charge in [0.2, 0.25) is 5.91 Å². The number of rotatable bonds is 3. The summed E-state index contributed by atoms with van der Waals surface area (Å²) in [7, 11) is 0. The lowest BCUT2D eigenvalue weighted by molar-refractivity contribution is -0.132. The summed E-state index contributed by atoms with van der Waals surface area (Å²) in [5.74, 6) is 0.918. The highest BCUT2D eigenvalue weighted by atomic mass is 32.2. The van der Waals surface area contributed by atoms with Gasteiger partial charge in [-0.05, 0) is 36.8 Å². The molecule has 4 nitrogen and oxygen atoms in total. The first-order chi connectivity index (χ1) is 13.2. The number of fused-ring (bicyclic) bond motifs is 1. The third-order valence-corrected chi connectivity index (χ3v) is 7.84. The van der Waals surface area contributed by atoms with E-state index in [1.54, 1.807) is 23.5 Å². The second-order valence-electron chi connectivity index (χ2n) is 7.48. The number of nitriles is 1. The van der Waals surface area contributed by atoms with E-state index in [4.69, 9.17) is 0 Å². The van der Waals surface area contributed by atoms with Gasteiger partial charge in [-0.15, -0.1) is 11.8 Å². The highest BCUT2D eigenvalue weighted by Crippen LogP contribution is 2.43. The molecule has 0 spiro atoms. The predicted molar refractivity (Wildman–Crippen MR) is 111 cm³/mol. The molecule has 1 aromatic carbocycles. The zero-order valence-corrected chi connectivity index (χ0v) is 17.3. The Bertz CT molecular complexity index is 778. The molecule has 0 radical (unpaired) electrons. The second kappa shape index (κ2) is 8.30. The van der Waals surface area contributed by atoms with Crippen molar-refractivity contribution in [2.24, 2.45) is 0 Å². The summed E-state index contributed by atoms with van der Waals surface area (Å²) in [5, 5.41) is 10.8. The lowest BCUT2D eigenvalue weighted by atomic mass is 9.86. The van der Waals surface area contributed by atoms with Crippen LogP contribution in [0, 0.1) is 11.3 Å². The van der Waals surface area contributed by atoms with E-state index in [9.17, 15) is 10.1 Å². The van der Waals surface area contributed by atoms with Gasteiger partial charge in [0, 0.05) is 23.3 Å². The third kappa shape index (κ3) is 3.78. The van der Waals surface area contributed by atoms with Crippen molar-refractivity contribution in [2.45, 2.75) is 55.4 Å². The highest BCUT2D eigenvalue weighted by Gasteiger charge is 2.39. The molecule has 1 saturated carbocycles. The fraction of sp³-hybridized carbons (Fsp3) is 0.524. The van der Waals surface area contributed by atoms with Gasteiger partial charge in [0.05, 0.1) is 29.2 Å². The normalized spacial score (nSPS) is 24.7. The van der Waals surface area contributed by atoms with Crippen molar-refractivity contribution in [3.63, 3.8) is 0 Å². The number of amides is 1. The molecule has 0 N–H and O–H groups in total. The van der Waals surface area contributed by atoms with E-state index in [2.05, 4.69) is 41.5 Å². The first kappa shape index (κ1) is 18.9. The number of carbonyl (C=O) groups is 1. The molecule has 3 aliphatic rings. The number of hydrogen-bond donors (Lipinski definition) is 0. The van der Waals surface area contributed by atoms with Gasteiger partial charge in [-0.1, -0.05) is 43.2 Å². The predicted octanol–water partition coefficient (Wildman–Crippen LogP) is 4.76. The smallest absolute Gasteiger partial charge is 0.229 e. The average molecular weight is 400 g/mol. The fourth-order valence-corrected chi connectivity index (χ4v) is 6.02. The number of hydrogen-bond acceptors (Lipinski definition) is 5. The van der Waals surface area contributed by atoms with Crippen LogP contribution < -0.4 is 0 Å². The quantitative estimate of drug-likeness (QED) is 0.686. The molecule has 2 aliphatic heterocycles. The minimum absolute atomic E-state index is 0.113.